The van der Waals surface area contributed by atoms with Crippen molar-refractivity contribution in [1.29, 1.82) is 0 Å². The summed E-state index contributed by atoms with van der Waals surface area (Å²) < 4.78 is 29.6. The molecule has 0 aliphatic rings. The van der Waals surface area contributed by atoms with E-state index < -0.39 is 27.1 Å². The molecule has 0 saturated heterocycles. The predicted octanol–water partition coefficient (Wildman–Crippen LogP) is 3.94. The Balaban J connectivity index is 1.85. The molecule has 0 saturated carbocycles. The van der Waals surface area contributed by atoms with E-state index in [2.05, 4.69) is 25.6 Å². The van der Waals surface area contributed by atoms with Crippen molar-refractivity contribution in [2.75, 3.05) is 23.1 Å². The normalized spacial score (nSPS) is 14.9. The van der Waals surface area contributed by atoms with E-state index in [0.29, 0.717) is 27.7 Å². The first kappa shape index (κ1) is 25.6. The SMILES string of the molecule is CC(COP(=O)(O)CP(=O)(O)O)Nc1nc(Nc2cccc(Cl)c2)c2ncn(C(C)C)c2n1. The van der Waals surface area contributed by atoms with Gasteiger partial charge in [0.2, 0.25) is 5.95 Å². The second kappa shape index (κ2) is 10.1. The van der Waals surface area contributed by atoms with Crippen LogP contribution in [-0.2, 0) is 13.7 Å². The molecule has 3 aromatic rings. The molecule has 2 atom stereocenters. The monoisotopic (exact) mass is 518 g/mol. The van der Waals surface area contributed by atoms with Crippen LogP contribution in [0.2, 0.25) is 5.02 Å². The van der Waals surface area contributed by atoms with Crippen molar-refractivity contribution in [1.82, 2.24) is 19.5 Å². The number of nitrogens with one attached hydrogen (secondary N) is 2. The van der Waals surface area contributed by atoms with Crippen molar-refractivity contribution in [2.45, 2.75) is 32.9 Å². The van der Waals surface area contributed by atoms with Crippen LogP contribution in [0.3, 0.4) is 0 Å². The third-order valence-corrected chi connectivity index (χ3v) is 8.02. The summed E-state index contributed by atoms with van der Waals surface area (Å²) >= 11 is 6.08. The molecule has 5 N–H and O–H groups in total. The second-order valence-corrected chi connectivity index (χ2v) is 12.2. The van der Waals surface area contributed by atoms with E-state index >= 15 is 0 Å². The lowest BCUT2D eigenvalue weighted by molar-refractivity contribution is 0.252. The van der Waals surface area contributed by atoms with Gasteiger partial charge in [0.05, 0.1) is 19.0 Å². The van der Waals surface area contributed by atoms with E-state index in [1.54, 1.807) is 31.5 Å². The van der Waals surface area contributed by atoms with Crippen LogP contribution in [0.25, 0.3) is 11.2 Å². The van der Waals surface area contributed by atoms with Gasteiger partial charge < -0.3 is 34.4 Å². The lowest BCUT2D eigenvalue weighted by Crippen LogP contribution is -2.23. The highest BCUT2D eigenvalue weighted by Gasteiger charge is 2.31. The zero-order valence-corrected chi connectivity index (χ0v) is 20.6. The molecule has 33 heavy (non-hydrogen) atoms. The molecule has 15 heteroatoms. The van der Waals surface area contributed by atoms with E-state index in [4.69, 9.17) is 25.9 Å². The number of rotatable bonds is 10. The van der Waals surface area contributed by atoms with Crippen LogP contribution >= 0.6 is 26.8 Å². The summed E-state index contributed by atoms with van der Waals surface area (Å²) in [6.45, 7) is 5.30. The maximum absolute atomic E-state index is 11.9. The molecule has 12 nitrogen and oxygen atoms in total. The summed E-state index contributed by atoms with van der Waals surface area (Å²) in [7, 11) is -9.17. The third-order valence-electron chi connectivity index (χ3n) is 4.33. The zero-order chi connectivity index (χ0) is 24.4. The van der Waals surface area contributed by atoms with E-state index in [9.17, 15) is 14.0 Å². The average molecular weight is 519 g/mol. The van der Waals surface area contributed by atoms with Crippen LogP contribution in [0.1, 0.15) is 26.8 Å². The van der Waals surface area contributed by atoms with Crippen molar-refractivity contribution >= 4 is 55.4 Å². The first-order valence-corrected chi connectivity index (χ1v) is 13.8. The number of anilines is 3. The lowest BCUT2D eigenvalue weighted by atomic mass is 10.3. The Hall–Kier alpha value is -2.04. The van der Waals surface area contributed by atoms with Crippen LogP contribution in [0.5, 0.6) is 0 Å². The summed E-state index contributed by atoms with van der Waals surface area (Å²) in [5.74, 6) is -0.629. The van der Waals surface area contributed by atoms with Crippen LogP contribution in [0.4, 0.5) is 17.5 Å². The second-order valence-electron chi connectivity index (χ2n) is 7.73. The van der Waals surface area contributed by atoms with Gasteiger partial charge in [-0.2, -0.15) is 9.97 Å². The molecule has 2 heterocycles. The Morgan fingerprint density at radius 1 is 1.18 bits per heavy atom. The largest absolute Gasteiger partial charge is 0.349 e. The third kappa shape index (κ3) is 7.22. The predicted molar refractivity (Wildman–Crippen MR) is 126 cm³/mol. The van der Waals surface area contributed by atoms with Crippen LogP contribution in [0.15, 0.2) is 30.6 Å². The smallest absolute Gasteiger partial charge is 0.340 e. The molecule has 0 aliphatic heterocycles. The Morgan fingerprint density at radius 3 is 2.55 bits per heavy atom. The molecule has 0 aliphatic carbocycles. The summed E-state index contributed by atoms with van der Waals surface area (Å²) in [5, 5.41) is 6.71. The fraction of sp³-hybridized carbons (Fsp3) is 0.389. The number of benzene rings is 1. The van der Waals surface area contributed by atoms with Crippen LogP contribution in [-0.4, -0.2) is 52.8 Å². The quantitative estimate of drug-likeness (QED) is 0.246. The first-order chi connectivity index (χ1) is 15.3. The van der Waals surface area contributed by atoms with Gasteiger partial charge >= 0.3 is 15.2 Å². The average Bonchev–Trinajstić information content (AvgIpc) is 3.09. The molecule has 0 fully saturated rings. The number of fused-ring (bicyclic) bond motifs is 1. The molecular formula is C18H25ClN6O6P2. The van der Waals surface area contributed by atoms with Gasteiger partial charge in [0.15, 0.2) is 22.9 Å². The highest BCUT2D eigenvalue weighted by molar-refractivity contribution is 7.70. The Bertz CT molecular complexity index is 1230. The van der Waals surface area contributed by atoms with Crippen molar-refractivity contribution in [2.24, 2.45) is 0 Å². The Morgan fingerprint density at radius 2 is 1.91 bits per heavy atom. The Labute approximate surface area is 195 Å². The molecule has 0 spiro atoms. The number of halogens is 1. The van der Waals surface area contributed by atoms with Gasteiger partial charge in [-0.3, -0.25) is 9.13 Å². The number of hydrogen-bond donors (Lipinski definition) is 5. The summed E-state index contributed by atoms with van der Waals surface area (Å²) in [6, 6.07) is 6.61. The number of imidazole rings is 1. The Kier molecular flexibility index (Phi) is 7.80. The molecule has 0 amide bonds. The van der Waals surface area contributed by atoms with Crippen LogP contribution in [0, 0.1) is 0 Å². The fourth-order valence-corrected chi connectivity index (χ4v) is 5.75. The molecule has 0 radical (unpaired) electrons. The highest BCUT2D eigenvalue weighted by Crippen LogP contribution is 2.55. The first-order valence-electron chi connectivity index (χ1n) is 9.87. The van der Waals surface area contributed by atoms with Crippen molar-refractivity contribution < 1.29 is 28.3 Å². The molecular weight excluding hydrogens is 494 g/mol. The van der Waals surface area contributed by atoms with Gasteiger partial charge in [-0.05, 0) is 39.0 Å². The maximum Gasteiger partial charge on any atom is 0.340 e. The fourth-order valence-electron chi connectivity index (χ4n) is 2.91. The van der Waals surface area contributed by atoms with Gasteiger partial charge in [-0.15, -0.1) is 0 Å². The molecule has 180 valence electrons. The minimum atomic E-state index is -4.70. The van der Waals surface area contributed by atoms with Gasteiger partial charge in [0, 0.05) is 16.8 Å². The topological polar surface area (TPSA) is 172 Å². The van der Waals surface area contributed by atoms with E-state index in [0.717, 1.165) is 0 Å². The highest BCUT2D eigenvalue weighted by atomic mass is 35.5. The minimum absolute atomic E-state index is 0.0745. The minimum Gasteiger partial charge on any atom is -0.349 e. The molecule has 1 aromatic carbocycles. The molecule has 0 bridgehead atoms. The van der Waals surface area contributed by atoms with E-state index in [1.165, 1.54) is 0 Å². The number of hydrogen-bond acceptors (Lipinski definition) is 8. The zero-order valence-electron chi connectivity index (χ0n) is 18.1. The maximum atomic E-state index is 11.9. The van der Waals surface area contributed by atoms with Gasteiger partial charge in [0.25, 0.3) is 0 Å². The van der Waals surface area contributed by atoms with Gasteiger partial charge in [0.1, 0.15) is 0 Å². The van der Waals surface area contributed by atoms with Crippen molar-refractivity contribution in [3.8, 4) is 0 Å². The summed E-state index contributed by atoms with van der Waals surface area (Å²) in [4.78, 5) is 40.9. The van der Waals surface area contributed by atoms with E-state index in [-0.39, 0.29) is 18.6 Å². The van der Waals surface area contributed by atoms with Crippen LogP contribution < -0.4 is 10.6 Å². The standard InChI is InChI=1S/C18H25ClN6O6P2/c1-11(2)25-9-20-15-16(22-14-6-4-5-13(19)7-14)23-18(24-17(15)25)21-12(3)8-31-33(29,30)10-32(26,27)28/h4-7,9,11-12H,8,10H2,1-3H3,(H,29,30)(H2,26,27,28)(H2,21,22,23,24). The number of nitrogens with zero attached hydrogens (tertiary/aromatic N) is 4. The summed E-state index contributed by atoms with van der Waals surface area (Å²) in [5.41, 5.74) is 1.80. The van der Waals surface area contributed by atoms with Crippen molar-refractivity contribution in [3.05, 3.63) is 35.6 Å². The molecule has 2 unspecified atom stereocenters. The lowest BCUT2D eigenvalue weighted by Gasteiger charge is -2.18. The van der Waals surface area contributed by atoms with Crippen molar-refractivity contribution in [3.63, 3.8) is 0 Å². The molecule has 2 aromatic heterocycles. The van der Waals surface area contributed by atoms with Gasteiger partial charge in [-0.25, -0.2) is 4.98 Å². The van der Waals surface area contributed by atoms with E-state index in [1.807, 2.05) is 24.5 Å². The molecule has 3 rings (SSSR count). The van der Waals surface area contributed by atoms with Gasteiger partial charge in [-0.1, -0.05) is 17.7 Å². The summed E-state index contributed by atoms with van der Waals surface area (Å²) in [6.07, 6.45) is 1.66. The number of aromatic nitrogens is 4.